The summed E-state index contributed by atoms with van der Waals surface area (Å²) < 4.78 is 12.6. The number of likely N-dealkylation sites (N-methyl/N-ethyl adjacent to an activating group) is 1. The van der Waals surface area contributed by atoms with Gasteiger partial charge < -0.3 is 20.3 Å². The number of likely N-dealkylation sites (tertiary alicyclic amines) is 1. The molecule has 0 unspecified atom stereocenters. The summed E-state index contributed by atoms with van der Waals surface area (Å²) in [5.41, 5.74) is 9.52. The number of fused-ring (bicyclic) bond motifs is 4. The minimum atomic E-state index is -0.382. The van der Waals surface area contributed by atoms with Gasteiger partial charge in [-0.3, -0.25) is 4.90 Å². The Morgan fingerprint density at radius 1 is 1.21 bits per heavy atom. The maximum absolute atomic E-state index is 10.0. The number of anilines is 3. The molecule has 216 valence electrons. The van der Waals surface area contributed by atoms with Crippen LogP contribution in [0.1, 0.15) is 72.7 Å². The van der Waals surface area contributed by atoms with Gasteiger partial charge in [0.05, 0.1) is 11.3 Å². The third-order valence-electron chi connectivity index (χ3n) is 9.13. The van der Waals surface area contributed by atoms with Crippen molar-refractivity contribution in [3.05, 3.63) is 57.7 Å². The monoisotopic (exact) mass is 582 g/mol. The zero-order chi connectivity index (χ0) is 28.8. The second-order valence-corrected chi connectivity index (χ2v) is 12.8. The summed E-state index contributed by atoms with van der Waals surface area (Å²) in [6.45, 7) is 3.16. The second-order valence-electron chi connectivity index (χ2n) is 11.6. The van der Waals surface area contributed by atoms with E-state index in [0.29, 0.717) is 45.7 Å². The van der Waals surface area contributed by atoms with Gasteiger partial charge in [-0.1, -0.05) is 11.2 Å². The van der Waals surface area contributed by atoms with E-state index in [4.69, 9.17) is 25.0 Å². The van der Waals surface area contributed by atoms with Gasteiger partial charge in [0.1, 0.15) is 28.8 Å². The van der Waals surface area contributed by atoms with Crippen molar-refractivity contribution in [1.29, 1.82) is 5.26 Å². The zero-order valence-corrected chi connectivity index (χ0v) is 24.7. The first kappa shape index (κ1) is 26.9. The fraction of sp³-hybridized carbons (Fsp3) is 0.452. The van der Waals surface area contributed by atoms with Crippen LogP contribution < -0.4 is 15.8 Å². The van der Waals surface area contributed by atoms with Gasteiger partial charge in [-0.15, -0.1) is 11.3 Å². The largest absolute Gasteiger partial charge is 0.473 e. The SMILES string of the molecule is C[C@H](Oc1cc(Nc2ccccn2)nc(-c2onc3c2CCC[C@@]32CCCc3sc(N)c(C#N)c32)n1)[C@@H]1CCCN1C. The summed E-state index contributed by atoms with van der Waals surface area (Å²) in [7, 11) is 2.14. The van der Waals surface area contributed by atoms with Crippen LogP contribution in [0.2, 0.25) is 0 Å². The van der Waals surface area contributed by atoms with Crippen molar-refractivity contribution in [2.45, 2.75) is 75.9 Å². The summed E-state index contributed by atoms with van der Waals surface area (Å²) in [5.74, 6) is 2.68. The van der Waals surface area contributed by atoms with Gasteiger partial charge in [-0.05, 0) is 89.6 Å². The maximum atomic E-state index is 10.0. The fourth-order valence-electron chi connectivity index (χ4n) is 7.25. The van der Waals surface area contributed by atoms with Crippen LogP contribution in [0.25, 0.3) is 11.6 Å². The maximum Gasteiger partial charge on any atom is 0.219 e. The molecular formula is C31H34N8O2S. The molecule has 5 heterocycles. The third kappa shape index (κ3) is 4.50. The summed E-state index contributed by atoms with van der Waals surface area (Å²) in [5, 5.41) is 18.6. The highest BCUT2D eigenvalue weighted by molar-refractivity contribution is 7.16. The van der Waals surface area contributed by atoms with Gasteiger partial charge in [0.25, 0.3) is 0 Å². The van der Waals surface area contributed by atoms with E-state index in [9.17, 15) is 5.26 Å². The van der Waals surface area contributed by atoms with E-state index >= 15 is 0 Å². The Morgan fingerprint density at radius 3 is 2.83 bits per heavy atom. The van der Waals surface area contributed by atoms with Crippen LogP contribution >= 0.6 is 11.3 Å². The lowest BCUT2D eigenvalue weighted by Crippen LogP contribution is -2.38. The molecule has 1 fully saturated rings. The predicted octanol–water partition coefficient (Wildman–Crippen LogP) is 5.61. The number of aryl methyl sites for hydroxylation is 1. The molecule has 2 aliphatic carbocycles. The predicted molar refractivity (Wildman–Crippen MR) is 161 cm³/mol. The lowest BCUT2D eigenvalue weighted by molar-refractivity contribution is 0.117. The first-order valence-corrected chi connectivity index (χ1v) is 15.5. The molecule has 3 N–H and O–H groups in total. The van der Waals surface area contributed by atoms with Crippen molar-refractivity contribution in [1.82, 2.24) is 25.0 Å². The van der Waals surface area contributed by atoms with Gasteiger partial charge in [0.15, 0.2) is 0 Å². The number of ether oxygens (including phenoxy) is 1. The zero-order valence-electron chi connectivity index (χ0n) is 23.9. The number of nitrogens with one attached hydrogen (secondary N) is 1. The Kier molecular flexibility index (Phi) is 6.83. The number of aromatic nitrogens is 4. The van der Waals surface area contributed by atoms with E-state index in [1.165, 1.54) is 4.88 Å². The molecule has 0 bridgehead atoms. The number of nitrogens with zero attached hydrogens (tertiary/aromatic N) is 6. The third-order valence-corrected chi connectivity index (χ3v) is 10.2. The molecule has 1 spiro atoms. The normalized spacial score (nSPS) is 22.4. The van der Waals surface area contributed by atoms with Crippen molar-refractivity contribution in [2.75, 3.05) is 24.6 Å². The average Bonchev–Trinajstić information content (AvgIpc) is 3.70. The number of hydrogen-bond acceptors (Lipinski definition) is 11. The summed E-state index contributed by atoms with van der Waals surface area (Å²) in [6, 6.07) is 10.2. The first-order valence-electron chi connectivity index (χ1n) is 14.7. The van der Waals surface area contributed by atoms with Crippen LogP contribution in [0.5, 0.6) is 5.88 Å². The van der Waals surface area contributed by atoms with E-state index in [-0.39, 0.29) is 11.5 Å². The molecule has 1 aliphatic heterocycles. The first-order chi connectivity index (χ1) is 20.5. The Balaban J connectivity index is 1.31. The fourth-order valence-corrected chi connectivity index (χ4v) is 8.41. The van der Waals surface area contributed by atoms with Crippen LogP contribution in [0.3, 0.4) is 0 Å². The van der Waals surface area contributed by atoms with Crippen molar-refractivity contribution in [2.24, 2.45) is 0 Å². The van der Waals surface area contributed by atoms with Gasteiger partial charge in [0, 0.05) is 34.2 Å². The number of pyridine rings is 1. The molecule has 0 radical (unpaired) electrons. The number of nitriles is 1. The van der Waals surface area contributed by atoms with Crippen LogP contribution in [0, 0.1) is 11.3 Å². The lowest BCUT2D eigenvalue weighted by Gasteiger charge is -2.39. The van der Waals surface area contributed by atoms with Gasteiger partial charge in [0.2, 0.25) is 17.5 Å². The molecule has 4 aromatic heterocycles. The molecule has 0 amide bonds. The number of nitrogens with two attached hydrogens (primary N) is 1. The second kappa shape index (κ2) is 10.7. The highest BCUT2D eigenvalue weighted by Crippen LogP contribution is 2.54. The van der Waals surface area contributed by atoms with E-state index in [2.05, 4.69) is 40.4 Å². The van der Waals surface area contributed by atoms with E-state index < -0.39 is 0 Å². The molecule has 42 heavy (non-hydrogen) atoms. The van der Waals surface area contributed by atoms with Crippen LogP contribution in [0.4, 0.5) is 16.6 Å². The Bertz CT molecular complexity index is 1660. The van der Waals surface area contributed by atoms with Crippen LogP contribution in [-0.2, 0) is 18.3 Å². The lowest BCUT2D eigenvalue weighted by atomic mass is 9.62. The van der Waals surface area contributed by atoms with E-state index in [1.54, 1.807) is 17.5 Å². The van der Waals surface area contributed by atoms with Crippen molar-refractivity contribution in [3.8, 4) is 23.5 Å². The molecule has 3 aliphatic rings. The molecule has 10 nitrogen and oxygen atoms in total. The van der Waals surface area contributed by atoms with Crippen molar-refractivity contribution < 1.29 is 9.26 Å². The quantitative estimate of drug-likeness (QED) is 0.295. The molecule has 3 atom stereocenters. The molecule has 4 aromatic rings. The Morgan fingerprint density at radius 2 is 2.07 bits per heavy atom. The standard InChI is InChI=1S/C31H34N8O2S/c1-18(21-9-7-15-39(21)2)40-25-16-24(35-23-11-3-4-14-34-23)36-30(37-25)27-19-8-5-12-31(28(19)38-41-27)13-6-10-22-26(31)20(17-32)29(33)42-22/h3-4,11,14,16,18,21H,5-10,12-13,15,33H2,1-2H3,(H,34,35,36,37)/t18-,21-,31-/m0/s1. The Labute approximate surface area is 248 Å². The molecule has 0 aromatic carbocycles. The summed E-state index contributed by atoms with van der Waals surface area (Å²) in [4.78, 5) is 17.7. The highest BCUT2D eigenvalue weighted by atomic mass is 32.1. The van der Waals surface area contributed by atoms with Gasteiger partial charge in [-0.25, -0.2) is 9.97 Å². The minimum Gasteiger partial charge on any atom is -0.473 e. The topological polar surface area (TPSA) is 139 Å². The minimum absolute atomic E-state index is 0.0519. The number of hydrogen-bond donors (Lipinski definition) is 2. The number of rotatable bonds is 6. The van der Waals surface area contributed by atoms with Crippen molar-refractivity contribution in [3.63, 3.8) is 0 Å². The molecule has 0 saturated carbocycles. The highest BCUT2D eigenvalue weighted by Gasteiger charge is 2.48. The summed E-state index contributed by atoms with van der Waals surface area (Å²) in [6.07, 6.45) is 9.45. The van der Waals surface area contributed by atoms with Gasteiger partial charge >= 0.3 is 0 Å². The van der Waals surface area contributed by atoms with Crippen molar-refractivity contribution >= 4 is 28.0 Å². The molecular weight excluding hydrogens is 548 g/mol. The van der Waals surface area contributed by atoms with Gasteiger partial charge in [-0.2, -0.15) is 10.2 Å². The molecule has 11 heteroatoms. The van der Waals surface area contributed by atoms with E-state index in [0.717, 1.165) is 74.7 Å². The number of nitrogen functional groups attached to an aromatic ring is 1. The van der Waals surface area contributed by atoms with Crippen LogP contribution in [-0.4, -0.2) is 50.7 Å². The summed E-state index contributed by atoms with van der Waals surface area (Å²) >= 11 is 1.55. The van der Waals surface area contributed by atoms with E-state index in [1.807, 2.05) is 24.3 Å². The smallest absolute Gasteiger partial charge is 0.219 e. The average molecular weight is 583 g/mol. The molecule has 7 rings (SSSR count). The molecule has 1 saturated heterocycles. The van der Waals surface area contributed by atoms with Crippen LogP contribution in [0.15, 0.2) is 35.0 Å². The Hall–Kier alpha value is -4.01. The number of thiophene rings is 1.